The van der Waals surface area contributed by atoms with E-state index in [1.165, 1.54) is 18.3 Å². The quantitative estimate of drug-likeness (QED) is 0.389. The van der Waals surface area contributed by atoms with Gasteiger partial charge in [-0.15, -0.1) is 0 Å². The van der Waals surface area contributed by atoms with E-state index in [2.05, 4.69) is 15.2 Å². The molecule has 0 radical (unpaired) electrons. The van der Waals surface area contributed by atoms with Gasteiger partial charge in [-0.25, -0.2) is 9.37 Å². The van der Waals surface area contributed by atoms with Crippen molar-refractivity contribution in [1.29, 1.82) is 0 Å². The second-order valence-electron chi connectivity index (χ2n) is 6.63. The molecule has 1 N–H and O–H groups in total. The van der Waals surface area contributed by atoms with Gasteiger partial charge in [-0.05, 0) is 47.5 Å². The first-order chi connectivity index (χ1) is 13.9. The molecule has 0 amide bonds. The van der Waals surface area contributed by atoms with Crippen LogP contribution in [0.15, 0.2) is 67.0 Å². The molecule has 5 aromatic rings. The third-order valence-corrected chi connectivity index (χ3v) is 4.79. The summed E-state index contributed by atoms with van der Waals surface area (Å²) in [6.45, 7) is 0. The van der Waals surface area contributed by atoms with Crippen LogP contribution in [0.1, 0.15) is 5.69 Å². The fourth-order valence-corrected chi connectivity index (χ4v) is 3.43. The van der Waals surface area contributed by atoms with Gasteiger partial charge in [0.05, 0.1) is 11.7 Å². The highest BCUT2D eigenvalue weighted by Crippen LogP contribution is 2.38. The molecule has 0 bridgehead atoms. The molecule has 8 heteroatoms. The van der Waals surface area contributed by atoms with Gasteiger partial charge >= 0.3 is 6.18 Å². The number of hydrogen-bond donors (Lipinski definition) is 1. The molecule has 0 aliphatic heterocycles. The zero-order valence-electron chi connectivity index (χ0n) is 14.7. The maximum Gasteiger partial charge on any atom is 0.433 e. The third kappa shape index (κ3) is 2.93. The Morgan fingerprint density at radius 2 is 1.62 bits per heavy atom. The number of aromatic amines is 1. The number of alkyl halides is 3. The van der Waals surface area contributed by atoms with E-state index in [1.54, 1.807) is 48.7 Å². The lowest BCUT2D eigenvalue weighted by molar-refractivity contribution is -0.141. The lowest BCUT2D eigenvalue weighted by Gasteiger charge is -2.10. The number of pyridine rings is 1. The summed E-state index contributed by atoms with van der Waals surface area (Å²) in [5, 5.41) is 7.37. The minimum absolute atomic E-state index is 0.154. The lowest BCUT2D eigenvalue weighted by atomic mass is 10.1. The molecule has 4 nitrogen and oxygen atoms in total. The van der Waals surface area contributed by atoms with Crippen molar-refractivity contribution in [2.45, 2.75) is 6.18 Å². The summed E-state index contributed by atoms with van der Waals surface area (Å²) in [6.07, 6.45) is -1.71. The van der Waals surface area contributed by atoms with E-state index in [0.29, 0.717) is 22.1 Å². The summed E-state index contributed by atoms with van der Waals surface area (Å²) in [5.74, 6) is -0.382. The Morgan fingerprint density at radius 1 is 0.862 bits per heavy atom. The van der Waals surface area contributed by atoms with Crippen molar-refractivity contribution in [1.82, 2.24) is 19.6 Å². The van der Waals surface area contributed by atoms with E-state index in [1.807, 2.05) is 0 Å². The molecule has 144 valence electrons. The number of hydrogen-bond acceptors (Lipinski definition) is 2. The largest absolute Gasteiger partial charge is 0.433 e. The van der Waals surface area contributed by atoms with E-state index < -0.39 is 11.9 Å². The number of halogens is 4. The van der Waals surface area contributed by atoms with Gasteiger partial charge < -0.3 is 0 Å². The van der Waals surface area contributed by atoms with Gasteiger partial charge in [-0.1, -0.05) is 18.2 Å². The predicted octanol–water partition coefficient (Wildman–Crippen LogP) is 5.70. The average molecular weight is 396 g/mol. The Balaban J connectivity index is 1.73. The molecular formula is C21H12F4N4. The van der Waals surface area contributed by atoms with Crippen LogP contribution in [0.2, 0.25) is 0 Å². The van der Waals surface area contributed by atoms with Crippen LogP contribution in [0.4, 0.5) is 17.6 Å². The molecule has 29 heavy (non-hydrogen) atoms. The predicted molar refractivity (Wildman–Crippen MR) is 101 cm³/mol. The van der Waals surface area contributed by atoms with Gasteiger partial charge in [0.1, 0.15) is 17.2 Å². The van der Waals surface area contributed by atoms with Gasteiger partial charge in [-0.2, -0.15) is 18.3 Å². The Hall–Kier alpha value is -3.68. The standard InChI is InChI=1S/C21H12F4N4/c22-16-4-1-12(2-5-16)13-7-8-29-18(10-13)27-19(20(29)21(23,24)25)14-3-6-17-15(9-14)11-26-28-17/h1-11H,(H,26,28). The van der Waals surface area contributed by atoms with E-state index in [-0.39, 0.29) is 17.2 Å². The number of rotatable bonds is 2. The molecule has 0 aliphatic rings. The summed E-state index contributed by atoms with van der Waals surface area (Å²) < 4.78 is 55.9. The average Bonchev–Trinajstić information content (AvgIpc) is 3.31. The van der Waals surface area contributed by atoms with Crippen molar-refractivity contribution in [3.8, 4) is 22.4 Å². The minimum Gasteiger partial charge on any atom is -0.295 e. The van der Waals surface area contributed by atoms with Gasteiger partial charge in [0.2, 0.25) is 0 Å². The van der Waals surface area contributed by atoms with Crippen LogP contribution < -0.4 is 0 Å². The molecule has 0 aliphatic carbocycles. The Bertz CT molecular complexity index is 1350. The smallest absolute Gasteiger partial charge is 0.295 e. The number of benzene rings is 2. The zero-order valence-corrected chi connectivity index (χ0v) is 14.7. The summed E-state index contributed by atoms with van der Waals surface area (Å²) in [4.78, 5) is 4.28. The summed E-state index contributed by atoms with van der Waals surface area (Å²) in [5.41, 5.74) is 1.56. The van der Waals surface area contributed by atoms with Crippen LogP contribution in [0, 0.1) is 5.82 Å². The molecule has 5 rings (SSSR count). The maximum absolute atomic E-state index is 13.9. The number of nitrogens with zero attached hydrogens (tertiary/aromatic N) is 3. The van der Waals surface area contributed by atoms with Crippen LogP contribution in [-0.2, 0) is 6.18 Å². The van der Waals surface area contributed by atoms with Gasteiger partial charge in [-0.3, -0.25) is 9.50 Å². The molecule has 2 aromatic carbocycles. The van der Waals surface area contributed by atoms with Crippen LogP contribution in [0.25, 0.3) is 38.9 Å². The van der Waals surface area contributed by atoms with Crippen molar-refractivity contribution >= 4 is 16.6 Å². The monoisotopic (exact) mass is 396 g/mol. The summed E-state index contributed by atoms with van der Waals surface area (Å²) >= 11 is 0. The molecule has 0 spiro atoms. The number of aromatic nitrogens is 4. The minimum atomic E-state index is -4.60. The highest BCUT2D eigenvalue weighted by Gasteiger charge is 2.38. The SMILES string of the molecule is Fc1ccc(-c2ccn3c(C(F)(F)F)c(-c4ccc5[nH]ncc5c4)nc3c2)cc1. The summed E-state index contributed by atoms with van der Waals surface area (Å²) in [6, 6.07) is 13.7. The van der Waals surface area contributed by atoms with E-state index >= 15 is 0 Å². The van der Waals surface area contributed by atoms with Crippen molar-refractivity contribution in [2.75, 3.05) is 0 Å². The first-order valence-electron chi connectivity index (χ1n) is 8.69. The molecule has 0 saturated heterocycles. The van der Waals surface area contributed by atoms with Gasteiger partial charge in [0.25, 0.3) is 0 Å². The second-order valence-corrected chi connectivity index (χ2v) is 6.63. The van der Waals surface area contributed by atoms with E-state index in [4.69, 9.17) is 0 Å². The van der Waals surface area contributed by atoms with Crippen LogP contribution in [0.3, 0.4) is 0 Å². The number of H-pyrrole nitrogens is 1. The van der Waals surface area contributed by atoms with Crippen LogP contribution >= 0.6 is 0 Å². The van der Waals surface area contributed by atoms with Crippen molar-refractivity contribution in [3.05, 3.63) is 78.5 Å². The van der Waals surface area contributed by atoms with Crippen molar-refractivity contribution < 1.29 is 17.6 Å². The Morgan fingerprint density at radius 3 is 2.38 bits per heavy atom. The topological polar surface area (TPSA) is 46.0 Å². The lowest BCUT2D eigenvalue weighted by Crippen LogP contribution is -2.10. The van der Waals surface area contributed by atoms with E-state index in [9.17, 15) is 17.6 Å². The maximum atomic E-state index is 13.9. The Labute approximate surface area is 161 Å². The molecule has 0 fully saturated rings. The highest BCUT2D eigenvalue weighted by molar-refractivity contribution is 5.84. The van der Waals surface area contributed by atoms with Crippen LogP contribution in [0.5, 0.6) is 0 Å². The normalized spacial score (nSPS) is 12.1. The second kappa shape index (κ2) is 6.16. The Kier molecular flexibility index (Phi) is 3.70. The highest BCUT2D eigenvalue weighted by atomic mass is 19.4. The van der Waals surface area contributed by atoms with Crippen molar-refractivity contribution in [3.63, 3.8) is 0 Å². The molecular weight excluding hydrogens is 384 g/mol. The fourth-order valence-electron chi connectivity index (χ4n) is 3.43. The number of imidazole rings is 1. The van der Waals surface area contributed by atoms with Crippen LogP contribution in [-0.4, -0.2) is 19.6 Å². The zero-order chi connectivity index (χ0) is 20.2. The third-order valence-electron chi connectivity index (χ3n) is 4.79. The van der Waals surface area contributed by atoms with Crippen molar-refractivity contribution in [2.24, 2.45) is 0 Å². The van der Waals surface area contributed by atoms with Gasteiger partial charge in [0.15, 0.2) is 5.69 Å². The molecule has 0 atom stereocenters. The molecule has 0 unspecified atom stereocenters. The first-order valence-corrected chi connectivity index (χ1v) is 8.69. The van der Waals surface area contributed by atoms with E-state index in [0.717, 1.165) is 9.92 Å². The fraction of sp³-hybridized carbons (Fsp3) is 0.0476. The summed E-state index contributed by atoms with van der Waals surface area (Å²) in [7, 11) is 0. The molecule has 0 saturated carbocycles. The molecule has 3 heterocycles. The van der Waals surface area contributed by atoms with Gasteiger partial charge in [0, 0.05) is 17.1 Å². The molecule has 3 aromatic heterocycles. The number of fused-ring (bicyclic) bond motifs is 2. The first kappa shape index (κ1) is 17.4. The number of nitrogens with one attached hydrogen (secondary N) is 1.